The minimum Gasteiger partial charge on any atom is -0.435 e. The predicted molar refractivity (Wildman–Crippen MR) is 106 cm³/mol. The number of halogens is 4. The molecule has 0 aliphatic carbocycles. The normalized spacial score (nSPS) is 11.1. The highest BCUT2D eigenvalue weighted by atomic mass is 19.3. The number of hydrogen-bond acceptors (Lipinski definition) is 4. The van der Waals surface area contributed by atoms with E-state index in [0.29, 0.717) is 5.71 Å². The molecule has 0 aliphatic heterocycles. The Bertz CT molecular complexity index is 969. The summed E-state index contributed by atoms with van der Waals surface area (Å²) in [5.41, 5.74) is 2.32. The fourth-order valence-electron chi connectivity index (χ4n) is 2.62. The lowest BCUT2D eigenvalue weighted by Gasteiger charge is -2.10. The van der Waals surface area contributed by atoms with Crippen LogP contribution in [0.3, 0.4) is 0 Å². The molecule has 0 aliphatic rings. The van der Waals surface area contributed by atoms with Crippen molar-refractivity contribution in [3.05, 3.63) is 95.6 Å². The fraction of sp³-hybridized carbons (Fsp3) is 0.0909. The third-order valence-electron chi connectivity index (χ3n) is 3.88. The number of hydrogen-bond donors (Lipinski definition) is 0. The number of rotatable bonds is 8. The first-order chi connectivity index (χ1) is 14.5. The molecule has 154 valence electrons. The van der Waals surface area contributed by atoms with E-state index in [9.17, 15) is 17.6 Å². The van der Waals surface area contributed by atoms with Crippen molar-refractivity contribution in [2.45, 2.75) is 13.2 Å². The van der Waals surface area contributed by atoms with E-state index in [0.717, 1.165) is 17.2 Å². The largest absolute Gasteiger partial charge is 0.435 e. The molecule has 3 aromatic rings. The van der Waals surface area contributed by atoms with Crippen LogP contribution in [-0.2, 0) is 0 Å². The molecule has 0 saturated carbocycles. The maximum absolute atomic E-state index is 12.7. The van der Waals surface area contributed by atoms with Gasteiger partial charge < -0.3 is 9.47 Å². The smallest absolute Gasteiger partial charge is 0.387 e. The molecule has 3 aromatic carbocycles. The Morgan fingerprint density at radius 2 is 1.30 bits per heavy atom. The van der Waals surface area contributed by atoms with Gasteiger partial charge in [0.05, 0.1) is 6.21 Å². The van der Waals surface area contributed by atoms with Crippen molar-refractivity contribution < 1.29 is 27.0 Å². The quantitative estimate of drug-likeness (QED) is 0.266. The van der Waals surface area contributed by atoms with Crippen LogP contribution in [0.15, 0.2) is 89.1 Å². The number of ether oxygens (including phenoxy) is 2. The van der Waals surface area contributed by atoms with E-state index in [-0.39, 0.29) is 17.1 Å². The Morgan fingerprint density at radius 1 is 0.733 bits per heavy atom. The summed E-state index contributed by atoms with van der Waals surface area (Å²) >= 11 is 0. The highest BCUT2D eigenvalue weighted by Gasteiger charge is 2.13. The van der Waals surface area contributed by atoms with E-state index in [2.05, 4.69) is 19.7 Å². The van der Waals surface area contributed by atoms with Crippen LogP contribution in [0.2, 0.25) is 0 Å². The van der Waals surface area contributed by atoms with Gasteiger partial charge in [0.25, 0.3) is 0 Å². The van der Waals surface area contributed by atoms with Gasteiger partial charge in [-0.05, 0) is 12.1 Å². The van der Waals surface area contributed by atoms with Crippen molar-refractivity contribution in [2.24, 2.45) is 10.2 Å². The standard InChI is InChI=1S/C22H16F4N2O2/c23-21(24)29-18-12-11-17(19(13-18)30-22(25)26)14-27-28-20(15-7-3-1-4-8-15)16-9-5-2-6-10-16/h1-14,21-22H. The molecule has 0 fully saturated rings. The van der Waals surface area contributed by atoms with Gasteiger partial charge in [0.2, 0.25) is 0 Å². The second-order valence-corrected chi connectivity index (χ2v) is 5.88. The third-order valence-corrected chi connectivity index (χ3v) is 3.88. The molecule has 8 heteroatoms. The molecular weight excluding hydrogens is 400 g/mol. The van der Waals surface area contributed by atoms with Crippen molar-refractivity contribution in [2.75, 3.05) is 0 Å². The molecular formula is C22H16F4N2O2. The molecule has 0 aromatic heterocycles. The second kappa shape index (κ2) is 10.2. The van der Waals surface area contributed by atoms with Gasteiger partial charge in [0, 0.05) is 22.8 Å². The van der Waals surface area contributed by atoms with Gasteiger partial charge in [0.15, 0.2) is 0 Å². The van der Waals surface area contributed by atoms with E-state index in [1.165, 1.54) is 18.3 Å². The van der Waals surface area contributed by atoms with Gasteiger partial charge in [0.1, 0.15) is 17.2 Å². The third kappa shape index (κ3) is 5.91. The van der Waals surface area contributed by atoms with E-state index < -0.39 is 13.2 Å². The average molecular weight is 416 g/mol. The summed E-state index contributed by atoms with van der Waals surface area (Å²) in [5.74, 6) is -0.668. The highest BCUT2D eigenvalue weighted by molar-refractivity contribution is 6.13. The maximum Gasteiger partial charge on any atom is 0.387 e. The average Bonchev–Trinajstić information content (AvgIpc) is 2.73. The molecule has 3 rings (SSSR count). The van der Waals surface area contributed by atoms with Crippen molar-refractivity contribution >= 4 is 11.9 Å². The summed E-state index contributed by atoms with van der Waals surface area (Å²) in [6, 6.07) is 22.0. The molecule has 30 heavy (non-hydrogen) atoms. The van der Waals surface area contributed by atoms with E-state index >= 15 is 0 Å². The van der Waals surface area contributed by atoms with Gasteiger partial charge in [-0.2, -0.15) is 22.7 Å². The zero-order valence-electron chi connectivity index (χ0n) is 15.5. The summed E-state index contributed by atoms with van der Waals surface area (Å²) in [4.78, 5) is 0. The van der Waals surface area contributed by atoms with Crippen molar-refractivity contribution in [3.63, 3.8) is 0 Å². The Labute approximate surface area is 170 Å². The number of alkyl halides is 4. The van der Waals surface area contributed by atoms with Crippen LogP contribution in [-0.4, -0.2) is 25.1 Å². The molecule has 0 amide bonds. The fourth-order valence-corrected chi connectivity index (χ4v) is 2.62. The van der Waals surface area contributed by atoms with Crippen LogP contribution in [0.4, 0.5) is 17.6 Å². The molecule has 0 heterocycles. The first-order valence-corrected chi connectivity index (χ1v) is 8.78. The first kappa shape index (κ1) is 21.0. The van der Waals surface area contributed by atoms with Crippen molar-refractivity contribution in [1.82, 2.24) is 0 Å². The lowest BCUT2D eigenvalue weighted by atomic mass is 10.0. The van der Waals surface area contributed by atoms with Crippen LogP contribution in [0, 0.1) is 0 Å². The van der Waals surface area contributed by atoms with Crippen LogP contribution in [0.5, 0.6) is 11.5 Å². The van der Waals surface area contributed by atoms with Gasteiger partial charge >= 0.3 is 13.2 Å². The zero-order chi connectivity index (χ0) is 21.3. The lowest BCUT2D eigenvalue weighted by molar-refractivity contribution is -0.0543. The molecule has 0 saturated heterocycles. The highest BCUT2D eigenvalue weighted by Crippen LogP contribution is 2.26. The first-order valence-electron chi connectivity index (χ1n) is 8.78. The van der Waals surface area contributed by atoms with Crippen molar-refractivity contribution in [3.8, 4) is 11.5 Å². The Balaban J connectivity index is 1.94. The molecule has 0 radical (unpaired) electrons. The summed E-state index contributed by atoms with van der Waals surface area (Å²) in [5, 5.41) is 8.24. The summed E-state index contributed by atoms with van der Waals surface area (Å²) in [7, 11) is 0. The van der Waals surface area contributed by atoms with Gasteiger partial charge in [-0.1, -0.05) is 60.7 Å². The van der Waals surface area contributed by atoms with Crippen LogP contribution >= 0.6 is 0 Å². The number of nitrogens with zero attached hydrogens (tertiary/aromatic N) is 2. The van der Waals surface area contributed by atoms with Crippen molar-refractivity contribution in [1.29, 1.82) is 0 Å². The van der Waals surface area contributed by atoms with Crippen LogP contribution in [0.25, 0.3) is 0 Å². The topological polar surface area (TPSA) is 43.2 Å². The van der Waals surface area contributed by atoms with E-state index in [1.54, 1.807) is 0 Å². The maximum atomic E-state index is 12.7. The van der Waals surface area contributed by atoms with Gasteiger partial charge in [-0.3, -0.25) is 0 Å². The number of benzene rings is 3. The minimum absolute atomic E-state index is 0.126. The monoisotopic (exact) mass is 416 g/mol. The van der Waals surface area contributed by atoms with Crippen LogP contribution < -0.4 is 9.47 Å². The van der Waals surface area contributed by atoms with Gasteiger partial charge in [-0.25, -0.2) is 0 Å². The van der Waals surface area contributed by atoms with Crippen LogP contribution in [0.1, 0.15) is 16.7 Å². The molecule has 0 N–H and O–H groups in total. The lowest BCUT2D eigenvalue weighted by Crippen LogP contribution is -2.06. The van der Waals surface area contributed by atoms with Gasteiger partial charge in [-0.15, -0.1) is 5.10 Å². The Kier molecular flexibility index (Phi) is 7.15. The predicted octanol–water partition coefficient (Wildman–Crippen LogP) is 5.76. The summed E-state index contributed by atoms with van der Waals surface area (Å²) in [6.07, 6.45) is 1.20. The second-order valence-electron chi connectivity index (χ2n) is 5.88. The molecule has 0 spiro atoms. The Morgan fingerprint density at radius 3 is 1.83 bits per heavy atom. The van der Waals surface area contributed by atoms with E-state index in [4.69, 9.17) is 0 Å². The SMILES string of the molecule is FC(F)Oc1ccc(C=NN=C(c2ccccc2)c2ccccc2)c(OC(F)F)c1. The minimum atomic E-state index is -3.15. The molecule has 0 unspecified atom stereocenters. The summed E-state index contributed by atoms with van der Waals surface area (Å²) < 4.78 is 58.8. The summed E-state index contributed by atoms with van der Waals surface area (Å²) in [6.45, 7) is -6.24. The van der Waals surface area contributed by atoms with E-state index in [1.807, 2.05) is 60.7 Å². The zero-order valence-corrected chi connectivity index (χ0v) is 15.5. The molecule has 0 atom stereocenters. The molecule has 4 nitrogen and oxygen atoms in total. The Hall–Kier alpha value is -3.68. The molecule has 0 bridgehead atoms.